The first-order valence-electron chi connectivity index (χ1n) is 5.55. The zero-order chi connectivity index (χ0) is 12.2. The summed E-state index contributed by atoms with van der Waals surface area (Å²) < 4.78 is 5.22. The lowest BCUT2D eigenvalue weighted by atomic mass is 9.84. The van der Waals surface area contributed by atoms with Crippen LogP contribution in [0.15, 0.2) is 0 Å². The number of nitriles is 1. The predicted molar refractivity (Wildman–Crippen MR) is 59.4 cm³/mol. The van der Waals surface area contributed by atoms with Crippen molar-refractivity contribution in [3.05, 3.63) is 0 Å². The average Bonchev–Trinajstić information content (AvgIpc) is 2.60. The van der Waals surface area contributed by atoms with Crippen LogP contribution in [0, 0.1) is 16.7 Å². The first kappa shape index (κ1) is 12.9. The molecule has 0 aliphatic carbocycles. The predicted octanol–water partition coefficient (Wildman–Crippen LogP) is 0.159. The summed E-state index contributed by atoms with van der Waals surface area (Å²) >= 11 is 0. The number of nitrogens with zero attached hydrogens (tertiary/aromatic N) is 1. The van der Waals surface area contributed by atoms with Crippen LogP contribution in [0.5, 0.6) is 0 Å². The Morgan fingerprint density at radius 1 is 1.81 bits per heavy atom. The number of hydrogen-bond acceptors (Lipinski definition) is 4. The molecular formula is C11H19N3O2. The fourth-order valence-corrected chi connectivity index (χ4v) is 1.68. The number of hydrogen-bond donors (Lipinski definition) is 2. The topological polar surface area (TPSA) is 88.1 Å². The highest BCUT2D eigenvalue weighted by Crippen LogP contribution is 2.27. The van der Waals surface area contributed by atoms with Gasteiger partial charge in [0.05, 0.1) is 31.1 Å². The molecule has 0 aromatic carbocycles. The minimum Gasteiger partial charge on any atom is -0.379 e. The summed E-state index contributed by atoms with van der Waals surface area (Å²) in [6, 6.07) is 1.69. The summed E-state index contributed by atoms with van der Waals surface area (Å²) in [6.45, 7) is 4.51. The molecule has 3 atom stereocenters. The first-order valence-corrected chi connectivity index (χ1v) is 5.55. The molecular weight excluding hydrogens is 206 g/mol. The molecule has 3 N–H and O–H groups in total. The van der Waals surface area contributed by atoms with Crippen molar-refractivity contribution in [1.29, 1.82) is 5.26 Å². The number of nitrogens with two attached hydrogens (primary N) is 1. The van der Waals surface area contributed by atoms with Crippen molar-refractivity contribution in [1.82, 2.24) is 5.32 Å². The van der Waals surface area contributed by atoms with Gasteiger partial charge in [-0.3, -0.25) is 4.79 Å². The van der Waals surface area contributed by atoms with Gasteiger partial charge in [-0.15, -0.1) is 0 Å². The maximum Gasteiger partial charge on any atom is 0.230 e. The highest BCUT2D eigenvalue weighted by atomic mass is 16.5. The summed E-state index contributed by atoms with van der Waals surface area (Å²) in [6.07, 6.45) is 1.07. The summed E-state index contributed by atoms with van der Waals surface area (Å²) in [4.78, 5) is 12.0. The van der Waals surface area contributed by atoms with Gasteiger partial charge in [0.1, 0.15) is 0 Å². The molecule has 0 aromatic heterocycles. The number of carbonyl (C=O) groups is 1. The third-order valence-corrected chi connectivity index (χ3v) is 3.20. The maximum absolute atomic E-state index is 12.0. The minimum absolute atomic E-state index is 0.0953. The molecule has 0 spiro atoms. The molecule has 1 rings (SSSR count). The van der Waals surface area contributed by atoms with E-state index >= 15 is 0 Å². The zero-order valence-corrected chi connectivity index (χ0v) is 9.82. The highest BCUT2D eigenvalue weighted by Gasteiger charge is 2.44. The molecule has 3 unspecified atom stereocenters. The van der Waals surface area contributed by atoms with Gasteiger partial charge in [0.25, 0.3) is 0 Å². The smallest absolute Gasteiger partial charge is 0.230 e. The lowest BCUT2D eigenvalue weighted by molar-refractivity contribution is -0.131. The Bertz CT molecular complexity index is 300. The van der Waals surface area contributed by atoms with Crippen LogP contribution >= 0.6 is 0 Å². The molecule has 1 amide bonds. The van der Waals surface area contributed by atoms with Crippen molar-refractivity contribution < 1.29 is 9.53 Å². The maximum atomic E-state index is 12.0. The zero-order valence-electron chi connectivity index (χ0n) is 9.82. The second kappa shape index (κ2) is 5.28. The summed E-state index contributed by atoms with van der Waals surface area (Å²) in [5.74, 6) is -0.111. The Morgan fingerprint density at radius 2 is 2.50 bits per heavy atom. The van der Waals surface area contributed by atoms with E-state index in [4.69, 9.17) is 15.7 Å². The number of ether oxygens (including phenoxy) is 1. The highest BCUT2D eigenvalue weighted by molar-refractivity contribution is 5.83. The van der Waals surface area contributed by atoms with Gasteiger partial charge in [-0.05, 0) is 13.3 Å². The molecule has 5 nitrogen and oxygen atoms in total. The molecule has 0 saturated carbocycles. The number of amides is 1. The van der Waals surface area contributed by atoms with Crippen molar-refractivity contribution in [3.63, 3.8) is 0 Å². The van der Waals surface area contributed by atoms with Crippen LogP contribution in [-0.2, 0) is 9.53 Å². The van der Waals surface area contributed by atoms with Crippen molar-refractivity contribution in [2.75, 3.05) is 13.2 Å². The van der Waals surface area contributed by atoms with Crippen LogP contribution in [0.25, 0.3) is 0 Å². The van der Waals surface area contributed by atoms with Crippen LogP contribution in [0.1, 0.15) is 26.7 Å². The molecule has 16 heavy (non-hydrogen) atoms. The standard InChI is InChI=1S/C11H19N3O2/c1-3-8(4-5-12)14-10(15)11(2)7-16-6-9(11)13/h8-9H,3-4,6-7,13H2,1-2H3,(H,14,15). The second-order valence-electron chi connectivity index (χ2n) is 4.48. The third kappa shape index (κ3) is 2.52. The van der Waals surface area contributed by atoms with E-state index in [-0.39, 0.29) is 18.0 Å². The fraction of sp³-hybridized carbons (Fsp3) is 0.818. The molecule has 5 heteroatoms. The molecule has 0 radical (unpaired) electrons. The molecule has 1 heterocycles. The van der Waals surface area contributed by atoms with E-state index in [0.29, 0.717) is 19.6 Å². The third-order valence-electron chi connectivity index (χ3n) is 3.20. The lowest BCUT2D eigenvalue weighted by Gasteiger charge is -2.27. The Kier molecular flexibility index (Phi) is 4.27. The van der Waals surface area contributed by atoms with Crippen molar-refractivity contribution in [2.24, 2.45) is 11.1 Å². The number of rotatable bonds is 4. The van der Waals surface area contributed by atoms with Gasteiger partial charge in [0, 0.05) is 12.1 Å². The van der Waals surface area contributed by atoms with Gasteiger partial charge in [-0.25, -0.2) is 0 Å². The summed E-state index contributed by atoms with van der Waals surface area (Å²) in [7, 11) is 0. The summed E-state index contributed by atoms with van der Waals surface area (Å²) in [5.41, 5.74) is 5.19. The Morgan fingerprint density at radius 3 is 2.94 bits per heavy atom. The van der Waals surface area contributed by atoms with Crippen molar-refractivity contribution >= 4 is 5.91 Å². The lowest BCUT2D eigenvalue weighted by Crippen LogP contribution is -2.52. The molecule has 0 aromatic rings. The number of nitrogens with one attached hydrogen (secondary N) is 1. The van der Waals surface area contributed by atoms with Crippen LogP contribution < -0.4 is 11.1 Å². The van der Waals surface area contributed by atoms with E-state index in [9.17, 15) is 4.79 Å². The van der Waals surface area contributed by atoms with Crippen LogP contribution in [0.3, 0.4) is 0 Å². The van der Waals surface area contributed by atoms with Gasteiger partial charge in [-0.1, -0.05) is 6.92 Å². The summed E-state index contributed by atoms with van der Waals surface area (Å²) in [5, 5.41) is 11.5. The van der Waals surface area contributed by atoms with Crippen molar-refractivity contribution in [3.8, 4) is 6.07 Å². The minimum atomic E-state index is -0.664. The SMILES string of the molecule is CCC(CC#N)NC(=O)C1(C)COCC1N. The first-order chi connectivity index (χ1) is 7.54. The van der Waals surface area contributed by atoms with Crippen molar-refractivity contribution in [2.45, 2.75) is 38.8 Å². The van der Waals surface area contributed by atoms with Gasteiger partial charge in [0.15, 0.2) is 0 Å². The second-order valence-corrected chi connectivity index (χ2v) is 4.48. The van der Waals surface area contributed by atoms with E-state index in [0.717, 1.165) is 6.42 Å². The van der Waals surface area contributed by atoms with E-state index in [2.05, 4.69) is 11.4 Å². The van der Waals surface area contributed by atoms with E-state index in [1.165, 1.54) is 0 Å². The molecule has 1 fully saturated rings. The Labute approximate surface area is 95.9 Å². The Balaban J connectivity index is 2.60. The van der Waals surface area contributed by atoms with Crippen LogP contribution in [-0.4, -0.2) is 31.2 Å². The largest absolute Gasteiger partial charge is 0.379 e. The van der Waals surface area contributed by atoms with E-state index in [1.54, 1.807) is 6.92 Å². The molecule has 1 aliphatic rings. The Hall–Kier alpha value is -1.12. The monoisotopic (exact) mass is 225 g/mol. The normalized spacial score (nSPS) is 30.8. The molecule has 1 aliphatic heterocycles. The van der Waals surface area contributed by atoms with Gasteiger partial charge in [0.2, 0.25) is 5.91 Å². The van der Waals surface area contributed by atoms with Crippen LogP contribution in [0.4, 0.5) is 0 Å². The van der Waals surface area contributed by atoms with Gasteiger partial charge in [-0.2, -0.15) is 5.26 Å². The number of carbonyl (C=O) groups excluding carboxylic acids is 1. The molecule has 90 valence electrons. The average molecular weight is 225 g/mol. The van der Waals surface area contributed by atoms with Gasteiger partial charge >= 0.3 is 0 Å². The van der Waals surface area contributed by atoms with E-state index < -0.39 is 5.41 Å². The molecule has 0 bridgehead atoms. The van der Waals surface area contributed by atoms with Crippen LogP contribution in [0.2, 0.25) is 0 Å². The van der Waals surface area contributed by atoms with Gasteiger partial charge < -0.3 is 15.8 Å². The molecule has 1 saturated heterocycles. The fourth-order valence-electron chi connectivity index (χ4n) is 1.68. The van der Waals surface area contributed by atoms with E-state index in [1.807, 2.05) is 6.92 Å². The quantitative estimate of drug-likeness (QED) is 0.713.